The number of nitrogens with one attached hydrogen (secondary N) is 1. The molecule has 0 aliphatic rings. The van der Waals surface area contributed by atoms with Gasteiger partial charge in [-0.2, -0.15) is 0 Å². The summed E-state index contributed by atoms with van der Waals surface area (Å²) in [6.07, 6.45) is 0.682. The minimum absolute atomic E-state index is 0.0102. The summed E-state index contributed by atoms with van der Waals surface area (Å²) in [5.74, 6) is -1.59. The molecular formula is C15H21NO5. The maximum absolute atomic E-state index is 11.9. The van der Waals surface area contributed by atoms with Crippen LogP contribution in [0, 0.1) is 11.8 Å². The molecule has 0 aliphatic heterocycles. The number of carbonyl (C=O) groups is 2. The summed E-state index contributed by atoms with van der Waals surface area (Å²) >= 11 is 0. The molecule has 6 heteroatoms. The number of aliphatic carboxylic acids is 1. The van der Waals surface area contributed by atoms with Crippen LogP contribution < -0.4 is 5.32 Å². The standard InChI is InChI=1S/C15H21NO5/c1-9(2)3-10(4-14(19)20)8-16-15(21)11-5-12(17)7-13(18)6-11/h5-7,9-10,17-18H,3-4,8H2,1-2H3,(H,16,21)(H,19,20)/t10-/m0/s1. The molecule has 1 amide bonds. The van der Waals surface area contributed by atoms with Crippen LogP contribution in [0.2, 0.25) is 0 Å². The maximum atomic E-state index is 11.9. The van der Waals surface area contributed by atoms with Crippen LogP contribution in [0.15, 0.2) is 18.2 Å². The molecule has 0 aliphatic carbocycles. The second kappa shape index (κ2) is 7.52. The van der Waals surface area contributed by atoms with Gasteiger partial charge in [-0.15, -0.1) is 0 Å². The van der Waals surface area contributed by atoms with Crippen LogP contribution in [0.5, 0.6) is 11.5 Å². The van der Waals surface area contributed by atoms with E-state index in [1.807, 2.05) is 13.8 Å². The third-order valence-corrected chi connectivity index (χ3v) is 2.98. The average molecular weight is 295 g/mol. The Morgan fingerprint density at radius 3 is 2.19 bits per heavy atom. The molecule has 1 aromatic rings. The van der Waals surface area contributed by atoms with Crippen LogP contribution >= 0.6 is 0 Å². The quantitative estimate of drug-likeness (QED) is 0.615. The molecule has 0 spiro atoms. The van der Waals surface area contributed by atoms with Crippen molar-refractivity contribution in [3.8, 4) is 11.5 Å². The van der Waals surface area contributed by atoms with E-state index >= 15 is 0 Å². The molecule has 1 rings (SSSR count). The van der Waals surface area contributed by atoms with Crippen LogP contribution in [0.25, 0.3) is 0 Å². The number of hydrogen-bond acceptors (Lipinski definition) is 4. The Hall–Kier alpha value is -2.24. The molecule has 0 saturated carbocycles. The molecule has 1 atom stereocenters. The van der Waals surface area contributed by atoms with E-state index in [4.69, 9.17) is 5.11 Å². The first-order chi connectivity index (χ1) is 9.77. The summed E-state index contributed by atoms with van der Waals surface area (Å²) in [5, 5.41) is 30.2. The molecule has 0 bridgehead atoms. The van der Waals surface area contributed by atoms with E-state index in [1.54, 1.807) is 0 Å². The van der Waals surface area contributed by atoms with Crippen molar-refractivity contribution in [1.82, 2.24) is 5.32 Å². The number of carboxylic acids is 1. The fraction of sp³-hybridized carbons (Fsp3) is 0.467. The Morgan fingerprint density at radius 2 is 1.71 bits per heavy atom. The van der Waals surface area contributed by atoms with E-state index in [1.165, 1.54) is 12.1 Å². The van der Waals surface area contributed by atoms with E-state index in [-0.39, 0.29) is 35.9 Å². The number of carbonyl (C=O) groups excluding carboxylic acids is 1. The summed E-state index contributed by atoms with van der Waals surface area (Å²) in [6, 6.07) is 3.61. The van der Waals surface area contributed by atoms with Gasteiger partial charge < -0.3 is 20.6 Å². The van der Waals surface area contributed by atoms with Gasteiger partial charge in [-0.3, -0.25) is 9.59 Å². The van der Waals surface area contributed by atoms with Crippen molar-refractivity contribution in [3.05, 3.63) is 23.8 Å². The Kier molecular flexibility index (Phi) is 6.02. The van der Waals surface area contributed by atoms with Gasteiger partial charge >= 0.3 is 5.97 Å². The molecule has 0 fully saturated rings. The number of hydrogen-bond donors (Lipinski definition) is 4. The Labute approximate surface area is 123 Å². The van der Waals surface area contributed by atoms with Crippen molar-refractivity contribution >= 4 is 11.9 Å². The molecule has 4 N–H and O–H groups in total. The lowest BCUT2D eigenvalue weighted by atomic mass is 9.94. The monoisotopic (exact) mass is 295 g/mol. The zero-order chi connectivity index (χ0) is 16.0. The van der Waals surface area contributed by atoms with Crippen LogP contribution in [0.3, 0.4) is 0 Å². The van der Waals surface area contributed by atoms with Gasteiger partial charge in [-0.05, 0) is 30.4 Å². The fourth-order valence-electron chi connectivity index (χ4n) is 2.22. The molecule has 0 heterocycles. The number of aromatic hydroxyl groups is 2. The van der Waals surface area contributed by atoms with Crippen LogP contribution in [-0.2, 0) is 4.79 Å². The SMILES string of the molecule is CC(C)C[C@H](CNC(=O)c1cc(O)cc(O)c1)CC(=O)O. The summed E-state index contributed by atoms with van der Waals surface area (Å²) in [5.41, 5.74) is 0.131. The Morgan fingerprint density at radius 1 is 1.14 bits per heavy atom. The van der Waals surface area contributed by atoms with Crippen molar-refractivity contribution in [2.45, 2.75) is 26.7 Å². The first-order valence-electron chi connectivity index (χ1n) is 6.81. The van der Waals surface area contributed by atoms with Crippen LogP contribution in [0.4, 0.5) is 0 Å². The van der Waals surface area contributed by atoms with Crippen molar-refractivity contribution < 1.29 is 24.9 Å². The molecule has 1 aromatic carbocycles. The number of rotatable bonds is 7. The van der Waals surface area contributed by atoms with Crippen molar-refractivity contribution in [2.24, 2.45) is 11.8 Å². The predicted molar refractivity (Wildman–Crippen MR) is 77.3 cm³/mol. The second-order valence-electron chi connectivity index (χ2n) is 5.54. The number of phenols is 2. The van der Waals surface area contributed by atoms with E-state index < -0.39 is 11.9 Å². The fourth-order valence-corrected chi connectivity index (χ4v) is 2.22. The molecule has 116 valence electrons. The highest BCUT2D eigenvalue weighted by Crippen LogP contribution is 2.20. The lowest BCUT2D eigenvalue weighted by molar-refractivity contribution is -0.138. The smallest absolute Gasteiger partial charge is 0.303 e. The summed E-state index contributed by atoms with van der Waals surface area (Å²) in [6.45, 7) is 4.22. The summed E-state index contributed by atoms with van der Waals surface area (Å²) < 4.78 is 0. The summed E-state index contributed by atoms with van der Waals surface area (Å²) in [7, 11) is 0. The van der Waals surface area contributed by atoms with Gasteiger partial charge in [-0.1, -0.05) is 13.8 Å². The molecular weight excluding hydrogens is 274 g/mol. The first-order valence-corrected chi connectivity index (χ1v) is 6.81. The number of phenolic OH excluding ortho intramolecular Hbond substituents is 2. The van der Waals surface area contributed by atoms with Crippen molar-refractivity contribution in [1.29, 1.82) is 0 Å². The van der Waals surface area contributed by atoms with Gasteiger partial charge in [0.25, 0.3) is 5.91 Å². The van der Waals surface area contributed by atoms with Crippen molar-refractivity contribution in [3.63, 3.8) is 0 Å². The van der Waals surface area contributed by atoms with E-state index in [2.05, 4.69) is 5.32 Å². The molecule has 0 saturated heterocycles. The van der Waals surface area contributed by atoms with Crippen LogP contribution in [0.1, 0.15) is 37.0 Å². The number of amides is 1. The van der Waals surface area contributed by atoms with Gasteiger partial charge in [0.1, 0.15) is 11.5 Å². The maximum Gasteiger partial charge on any atom is 0.303 e. The third-order valence-electron chi connectivity index (χ3n) is 2.98. The number of carboxylic acid groups (broad SMARTS) is 1. The van der Waals surface area contributed by atoms with E-state index in [0.717, 1.165) is 6.07 Å². The highest BCUT2D eigenvalue weighted by Gasteiger charge is 2.17. The molecule has 0 aromatic heterocycles. The zero-order valence-corrected chi connectivity index (χ0v) is 12.2. The van der Waals surface area contributed by atoms with Crippen LogP contribution in [-0.4, -0.2) is 33.7 Å². The minimum atomic E-state index is -0.898. The summed E-state index contributed by atoms with van der Waals surface area (Å²) in [4.78, 5) is 22.8. The van der Waals surface area contributed by atoms with Gasteiger partial charge in [0.05, 0.1) is 0 Å². The average Bonchev–Trinajstić information content (AvgIpc) is 2.32. The zero-order valence-electron chi connectivity index (χ0n) is 12.2. The van der Waals surface area contributed by atoms with Gasteiger partial charge in [-0.25, -0.2) is 0 Å². The lowest BCUT2D eigenvalue weighted by Gasteiger charge is -2.17. The number of benzene rings is 1. The highest BCUT2D eigenvalue weighted by molar-refractivity contribution is 5.95. The molecule has 6 nitrogen and oxygen atoms in total. The molecule has 0 unspecified atom stereocenters. The Balaban J connectivity index is 2.65. The predicted octanol–water partition coefficient (Wildman–Crippen LogP) is 1.96. The van der Waals surface area contributed by atoms with Crippen molar-refractivity contribution in [2.75, 3.05) is 6.54 Å². The Bertz CT molecular complexity index is 493. The highest BCUT2D eigenvalue weighted by atomic mass is 16.4. The minimum Gasteiger partial charge on any atom is -0.508 e. The van der Waals surface area contributed by atoms with E-state index in [0.29, 0.717) is 12.3 Å². The normalized spacial score (nSPS) is 12.1. The molecule has 0 radical (unpaired) electrons. The topological polar surface area (TPSA) is 107 Å². The molecule has 21 heavy (non-hydrogen) atoms. The third kappa shape index (κ3) is 6.16. The van der Waals surface area contributed by atoms with Gasteiger partial charge in [0.2, 0.25) is 0 Å². The van der Waals surface area contributed by atoms with Gasteiger partial charge in [0.15, 0.2) is 0 Å². The second-order valence-corrected chi connectivity index (χ2v) is 5.54. The largest absolute Gasteiger partial charge is 0.508 e. The van der Waals surface area contributed by atoms with E-state index in [9.17, 15) is 19.8 Å². The first kappa shape index (κ1) is 16.8. The van der Waals surface area contributed by atoms with Gasteiger partial charge in [0, 0.05) is 24.6 Å². The lowest BCUT2D eigenvalue weighted by Crippen LogP contribution is -2.31.